The minimum absolute atomic E-state index is 0.0244. The molecule has 0 aliphatic heterocycles. The summed E-state index contributed by atoms with van der Waals surface area (Å²) in [7, 11) is 3.08. The van der Waals surface area contributed by atoms with Crippen LogP contribution in [-0.2, 0) is 22.6 Å². The number of aliphatic carboxylic acids is 1. The number of anilines is 1. The van der Waals surface area contributed by atoms with Crippen molar-refractivity contribution in [2.45, 2.75) is 46.7 Å². The van der Waals surface area contributed by atoms with Crippen LogP contribution < -0.4 is 14.8 Å². The Hall–Kier alpha value is -6.75. The van der Waals surface area contributed by atoms with E-state index in [1.165, 1.54) is 17.6 Å². The van der Waals surface area contributed by atoms with Gasteiger partial charge in [0.1, 0.15) is 17.5 Å². The molecule has 0 radical (unpaired) electrons. The van der Waals surface area contributed by atoms with Crippen molar-refractivity contribution in [1.29, 1.82) is 0 Å². The minimum Gasteiger partial charge on any atom is -0.497 e. The van der Waals surface area contributed by atoms with Gasteiger partial charge in [-0.1, -0.05) is 92.2 Å². The zero-order valence-corrected chi connectivity index (χ0v) is 32.2. The Morgan fingerprint density at radius 3 is 1.98 bits per heavy atom. The van der Waals surface area contributed by atoms with Gasteiger partial charge in [-0.2, -0.15) is 4.98 Å². The number of hydrogen-bond donors (Lipinski definition) is 2. The van der Waals surface area contributed by atoms with Gasteiger partial charge in [-0.15, -0.1) is 0 Å². The molecule has 6 aromatic rings. The van der Waals surface area contributed by atoms with Gasteiger partial charge in [-0.05, 0) is 83.6 Å². The monoisotopic (exact) mass is 752 g/mol. The summed E-state index contributed by atoms with van der Waals surface area (Å²) in [5.41, 5.74) is 6.21. The maximum Gasteiger partial charge on any atom is 0.326 e. The van der Waals surface area contributed by atoms with Gasteiger partial charge in [-0.25, -0.2) is 4.79 Å². The number of aromatic nitrogens is 2. The van der Waals surface area contributed by atoms with Crippen molar-refractivity contribution < 1.29 is 33.5 Å². The van der Waals surface area contributed by atoms with Crippen molar-refractivity contribution >= 4 is 23.5 Å². The van der Waals surface area contributed by atoms with E-state index in [0.717, 1.165) is 16.7 Å². The van der Waals surface area contributed by atoms with Crippen LogP contribution in [-0.4, -0.2) is 58.2 Å². The summed E-state index contributed by atoms with van der Waals surface area (Å²) < 4.78 is 16.3. The molecular weight excluding hydrogens is 709 g/mol. The van der Waals surface area contributed by atoms with Crippen molar-refractivity contribution in [2.24, 2.45) is 5.41 Å². The van der Waals surface area contributed by atoms with Crippen LogP contribution in [0.3, 0.4) is 0 Å². The summed E-state index contributed by atoms with van der Waals surface area (Å²) in [6.45, 7) is 7.44. The largest absolute Gasteiger partial charge is 0.497 e. The normalized spacial score (nSPS) is 11.8. The molecule has 5 aromatic carbocycles. The topological polar surface area (TPSA) is 144 Å². The van der Waals surface area contributed by atoms with Crippen molar-refractivity contribution in [3.63, 3.8) is 0 Å². The fraction of sp³-hybridized carbons (Fsp3) is 0.222. The molecule has 0 spiro atoms. The summed E-state index contributed by atoms with van der Waals surface area (Å²) in [6, 6.07) is 34.0. The molecular formula is C45H44N4O7. The molecule has 2 N–H and O–H groups in total. The average molecular weight is 753 g/mol. The highest BCUT2D eigenvalue weighted by Gasteiger charge is 2.39. The number of carbonyl (C=O) groups excluding carboxylic acids is 2. The molecule has 11 nitrogen and oxygen atoms in total. The van der Waals surface area contributed by atoms with Gasteiger partial charge in [0.25, 0.3) is 11.8 Å². The van der Waals surface area contributed by atoms with E-state index in [-0.39, 0.29) is 24.4 Å². The van der Waals surface area contributed by atoms with Crippen LogP contribution in [0.2, 0.25) is 0 Å². The van der Waals surface area contributed by atoms with E-state index in [4.69, 9.17) is 14.0 Å². The lowest BCUT2D eigenvalue weighted by Gasteiger charge is -2.37. The summed E-state index contributed by atoms with van der Waals surface area (Å²) in [6.07, 6.45) is 0.0376. The maximum absolute atomic E-state index is 14.1. The standard InChI is InChI=1S/C45H44N4O7/c1-28-7-11-30(12-8-28)31-15-17-32(18-16-31)41-47-42(56-48-41)33-13-9-29(10-14-33)27-49(40(44(52)53)45(2,3)4)43(51)34-19-21-36(22-20-34)46-39(50)26-35-25-37(54-5)23-24-38(35)55-6/h7-25,40H,26-27H2,1-6H3,(H,46,50)(H,52,53). The van der Waals surface area contributed by atoms with E-state index in [0.29, 0.717) is 45.6 Å². The first-order chi connectivity index (χ1) is 26.8. The van der Waals surface area contributed by atoms with E-state index < -0.39 is 23.3 Å². The van der Waals surface area contributed by atoms with Gasteiger partial charge < -0.3 is 29.3 Å². The molecule has 0 bridgehead atoms. The van der Waals surface area contributed by atoms with E-state index >= 15 is 0 Å². The molecule has 1 atom stereocenters. The Kier molecular flexibility index (Phi) is 11.6. The average Bonchev–Trinajstić information content (AvgIpc) is 3.68. The lowest BCUT2D eigenvalue weighted by molar-refractivity contribution is -0.146. The predicted octanol–water partition coefficient (Wildman–Crippen LogP) is 8.72. The molecule has 0 saturated carbocycles. The molecule has 56 heavy (non-hydrogen) atoms. The number of methoxy groups -OCH3 is 2. The molecule has 11 heteroatoms. The van der Waals surface area contributed by atoms with Gasteiger partial charge in [0.2, 0.25) is 11.7 Å². The molecule has 1 aromatic heterocycles. The number of benzene rings is 5. The summed E-state index contributed by atoms with van der Waals surface area (Å²) in [5, 5.41) is 17.4. The molecule has 2 amide bonds. The third kappa shape index (κ3) is 9.12. The number of carboxylic acids is 1. The lowest BCUT2D eigenvalue weighted by atomic mass is 9.85. The smallest absolute Gasteiger partial charge is 0.326 e. The number of carbonyl (C=O) groups is 3. The molecule has 6 rings (SSSR count). The van der Waals surface area contributed by atoms with Gasteiger partial charge >= 0.3 is 5.97 Å². The van der Waals surface area contributed by atoms with Crippen molar-refractivity contribution in [3.05, 3.63) is 138 Å². The number of nitrogens with zero attached hydrogens (tertiary/aromatic N) is 3. The fourth-order valence-corrected chi connectivity index (χ4v) is 6.48. The Balaban J connectivity index is 1.16. The highest BCUT2D eigenvalue weighted by Crippen LogP contribution is 2.30. The van der Waals surface area contributed by atoms with Crippen LogP contribution in [0.15, 0.2) is 120 Å². The van der Waals surface area contributed by atoms with Crippen molar-refractivity contribution in [2.75, 3.05) is 19.5 Å². The SMILES string of the molecule is COc1ccc(OC)c(CC(=O)Nc2ccc(C(=O)N(Cc3ccc(-c4nc(-c5ccc(-c6ccc(C)cc6)cc5)no4)cc3)C(C(=O)O)C(C)(C)C)cc2)c1. The highest BCUT2D eigenvalue weighted by atomic mass is 16.5. The number of aryl methyl sites for hydroxylation is 1. The highest BCUT2D eigenvalue weighted by molar-refractivity contribution is 5.98. The lowest BCUT2D eigenvalue weighted by Crippen LogP contribution is -2.51. The van der Waals surface area contributed by atoms with Crippen molar-refractivity contribution in [3.8, 4) is 45.5 Å². The van der Waals surface area contributed by atoms with Crippen LogP contribution in [0.25, 0.3) is 34.0 Å². The predicted molar refractivity (Wildman–Crippen MR) is 214 cm³/mol. The molecule has 0 fully saturated rings. The third-order valence-corrected chi connectivity index (χ3v) is 9.39. The van der Waals surface area contributed by atoms with E-state index in [2.05, 4.69) is 46.6 Å². The molecule has 1 unspecified atom stereocenters. The Bertz CT molecular complexity index is 2310. The number of rotatable bonds is 13. The molecule has 1 heterocycles. The second kappa shape index (κ2) is 16.7. The molecule has 0 aliphatic carbocycles. The first-order valence-corrected chi connectivity index (χ1v) is 18.1. The second-order valence-electron chi connectivity index (χ2n) is 14.6. The molecule has 0 aliphatic rings. The maximum atomic E-state index is 14.1. The van der Waals surface area contributed by atoms with Gasteiger partial charge in [0.15, 0.2) is 0 Å². The second-order valence-corrected chi connectivity index (χ2v) is 14.6. The summed E-state index contributed by atoms with van der Waals surface area (Å²) in [4.78, 5) is 45.7. The van der Waals surface area contributed by atoms with Crippen LogP contribution in [0.1, 0.15) is 47.8 Å². The Labute approximate surface area is 325 Å². The zero-order chi connectivity index (χ0) is 40.0. The van der Waals surface area contributed by atoms with Crippen LogP contribution in [0, 0.1) is 12.3 Å². The minimum atomic E-state index is -1.15. The summed E-state index contributed by atoms with van der Waals surface area (Å²) in [5.74, 6) is 0.0645. The number of amides is 2. The fourth-order valence-electron chi connectivity index (χ4n) is 6.48. The molecule has 0 saturated heterocycles. The summed E-state index contributed by atoms with van der Waals surface area (Å²) >= 11 is 0. The van der Waals surface area contributed by atoms with E-state index in [9.17, 15) is 19.5 Å². The van der Waals surface area contributed by atoms with E-state index in [1.54, 1.807) is 82.5 Å². The van der Waals surface area contributed by atoms with Gasteiger partial charge in [0, 0.05) is 34.5 Å². The Morgan fingerprint density at radius 1 is 0.786 bits per heavy atom. The van der Waals surface area contributed by atoms with Crippen LogP contribution in [0.5, 0.6) is 11.5 Å². The van der Waals surface area contributed by atoms with Crippen molar-refractivity contribution in [1.82, 2.24) is 15.0 Å². The van der Waals surface area contributed by atoms with Gasteiger partial charge in [0.05, 0.1) is 20.6 Å². The number of hydrogen-bond acceptors (Lipinski definition) is 8. The van der Waals surface area contributed by atoms with Crippen LogP contribution >= 0.6 is 0 Å². The number of carboxylic acid groups (broad SMARTS) is 1. The quantitative estimate of drug-likeness (QED) is 0.118. The van der Waals surface area contributed by atoms with E-state index in [1.807, 2.05) is 36.4 Å². The Morgan fingerprint density at radius 2 is 1.39 bits per heavy atom. The number of nitrogens with one attached hydrogen (secondary N) is 1. The van der Waals surface area contributed by atoms with Crippen LogP contribution in [0.4, 0.5) is 5.69 Å². The molecule has 286 valence electrons. The third-order valence-electron chi connectivity index (χ3n) is 9.39. The van der Waals surface area contributed by atoms with Gasteiger partial charge in [-0.3, -0.25) is 9.59 Å². The first-order valence-electron chi connectivity index (χ1n) is 18.1. The number of ether oxygens (including phenoxy) is 2. The zero-order valence-electron chi connectivity index (χ0n) is 32.2. The first kappa shape index (κ1) is 39.0.